The second-order valence-electron chi connectivity index (χ2n) is 6.43. The number of halogens is 2. The van der Waals surface area contributed by atoms with Gasteiger partial charge in [0.1, 0.15) is 0 Å². The van der Waals surface area contributed by atoms with Gasteiger partial charge in [0.05, 0.1) is 27.5 Å². The van der Waals surface area contributed by atoms with Crippen LogP contribution in [0.15, 0.2) is 47.4 Å². The van der Waals surface area contributed by atoms with E-state index < -0.39 is 10.0 Å². The summed E-state index contributed by atoms with van der Waals surface area (Å²) in [5, 5.41) is 0.452. The molecule has 1 fully saturated rings. The third-order valence-electron chi connectivity index (χ3n) is 4.95. The van der Waals surface area contributed by atoms with Crippen molar-refractivity contribution in [3.8, 4) is 0 Å². The monoisotopic (exact) mass is 410 g/mol. The Morgan fingerprint density at radius 3 is 2.58 bits per heavy atom. The highest BCUT2D eigenvalue weighted by atomic mass is 35.5. The fraction of sp³-hybridized carbons (Fsp3) is 0.278. The summed E-state index contributed by atoms with van der Waals surface area (Å²) in [4.78, 5) is 14.4. The van der Waals surface area contributed by atoms with Crippen LogP contribution in [0.25, 0.3) is 0 Å². The number of sulfonamides is 1. The van der Waals surface area contributed by atoms with Crippen molar-refractivity contribution in [1.29, 1.82) is 0 Å². The Kier molecular flexibility index (Phi) is 4.47. The van der Waals surface area contributed by atoms with E-state index in [0.29, 0.717) is 6.54 Å². The van der Waals surface area contributed by atoms with Gasteiger partial charge in [-0.05, 0) is 35.7 Å². The molecule has 2 aromatic carbocycles. The van der Waals surface area contributed by atoms with E-state index >= 15 is 0 Å². The average Bonchev–Trinajstić information content (AvgIpc) is 2.63. The topological polar surface area (TPSA) is 57.7 Å². The van der Waals surface area contributed by atoms with Crippen LogP contribution in [-0.4, -0.2) is 43.2 Å². The summed E-state index contributed by atoms with van der Waals surface area (Å²) in [5.41, 5.74) is 2.18. The minimum Gasteiger partial charge on any atom is -0.333 e. The fourth-order valence-electron chi connectivity index (χ4n) is 3.62. The Labute approximate surface area is 162 Å². The lowest BCUT2D eigenvalue weighted by Gasteiger charge is -2.44. The Morgan fingerprint density at radius 1 is 1.04 bits per heavy atom. The zero-order valence-electron chi connectivity index (χ0n) is 13.7. The number of piperazine rings is 1. The van der Waals surface area contributed by atoms with Crippen LogP contribution >= 0.6 is 23.2 Å². The van der Waals surface area contributed by atoms with Gasteiger partial charge in [-0.2, -0.15) is 4.31 Å². The van der Waals surface area contributed by atoms with Crippen LogP contribution in [0.1, 0.15) is 17.2 Å². The molecular formula is C18H16Cl2N2O3S. The molecule has 2 aromatic rings. The number of rotatable bonds is 2. The lowest BCUT2D eigenvalue weighted by atomic mass is 9.91. The van der Waals surface area contributed by atoms with Gasteiger partial charge >= 0.3 is 0 Å². The molecule has 2 aliphatic rings. The van der Waals surface area contributed by atoms with Gasteiger partial charge < -0.3 is 4.90 Å². The molecule has 136 valence electrons. The van der Waals surface area contributed by atoms with Crippen molar-refractivity contribution in [2.45, 2.75) is 17.4 Å². The highest BCUT2D eigenvalue weighted by Gasteiger charge is 2.41. The van der Waals surface area contributed by atoms with Gasteiger partial charge in [0.15, 0.2) is 0 Å². The summed E-state index contributed by atoms with van der Waals surface area (Å²) in [6.45, 7) is 0.674. The van der Waals surface area contributed by atoms with E-state index in [1.807, 2.05) is 24.3 Å². The third-order valence-corrected chi connectivity index (χ3v) is 7.50. The van der Waals surface area contributed by atoms with Crippen molar-refractivity contribution in [3.63, 3.8) is 0 Å². The number of fused-ring (bicyclic) bond motifs is 3. The predicted octanol–water partition coefficient (Wildman–Crippen LogP) is 3.12. The molecule has 0 N–H and O–H groups in total. The molecule has 1 saturated heterocycles. The molecule has 0 radical (unpaired) electrons. The SMILES string of the molecule is O=C1CN(S(=O)(=O)c2ccc(Cl)c(Cl)c2)C[C@@H]2c3ccccc3CCN12. The summed E-state index contributed by atoms with van der Waals surface area (Å²) in [5.74, 6) is -0.181. The molecule has 2 aliphatic heterocycles. The first kappa shape index (κ1) is 17.8. The maximum absolute atomic E-state index is 13.0. The standard InChI is InChI=1S/C18H16Cl2N2O3S/c19-15-6-5-13(9-16(15)20)26(24,25)21-10-17-14-4-2-1-3-12(14)7-8-22(17)18(23)11-21/h1-6,9,17H,7-8,10-11H2/t17-/m1/s1. The molecule has 2 heterocycles. The molecule has 0 aliphatic carbocycles. The van der Waals surface area contributed by atoms with Crippen LogP contribution in [-0.2, 0) is 21.2 Å². The highest BCUT2D eigenvalue weighted by molar-refractivity contribution is 7.89. The van der Waals surface area contributed by atoms with Gasteiger partial charge in [0.25, 0.3) is 0 Å². The Morgan fingerprint density at radius 2 is 1.81 bits per heavy atom. The van der Waals surface area contributed by atoms with Gasteiger partial charge in [0.2, 0.25) is 15.9 Å². The van der Waals surface area contributed by atoms with Gasteiger partial charge in [-0.15, -0.1) is 0 Å². The molecule has 0 spiro atoms. The van der Waals surface area contributed by atoms with Crippen LogP contribution in [0.5, 0.6) is 0 Å². The van der Waals surface area contributed by atoms with Crippen molar-refractivity contribution >= 4 is 39.1 Å². The number of benzene rings is 2. The van der Waals surface area contributed by atoms with E-state index in [1.54, 1.807) is 4.90 Å². The van der Waals surface area contributed by atoms with E-state index in [2.05, 4.69) is 0 Å². The molecule has 1 atom stereocenters. The van der Waals surface area contributed by atoms with Crippen molar-refractivity contribution in [2.24, 2.45) is 0 Å². The predicted molar refractivity (Wildman–Crippen MR) is 99.8 cm³/mol. The van der Waals surface area contributed by atoms with Crippen molar-refractivity contribution in [3.05, 3.63) is 63.6 Å². The van der Waals surface area contributed by atoms with E-state index in [9.17, 15) is 13.2 Å². The maximum atomic E-state index is 13.0. The smallest absolute Gasteiger partial charge is 0.243 e. The second-order valence-corrected chi connectivity index (χ2v) is 9.18. The van der Waals surface area contributed by atoms with Crippen LogP contribution in [0.3, 0.4) is 0 Å². The maximum Gasteiger partial charge on any atom is 0.243 e. The van der Waals surface area contributed by atoms with E-state index in [-0.39, 0.29) is 40.0 Å². The molecule has 4 rings (SSSR count). The quantitative estimate of drug-likeness (QED) is 0.763. The first-order valence-electron chi connectivity index (χ1n) is 8.20. The number of carbonyl (C=O) groups excluding carboxylic acids is 1. The molecule has 0 saturated carbocycles. The number of hydrogen-bond donors (Lipinski definition) is 0. The zero-order valence-corrected chi connectivity index (χ0v) is 16.1. The molecule has 0 bridgehead atoms. The number of hydrogen-bond acceptors (Lipinski definition) is 3. The summed E-state index contributed by atoms with van der Waals surface area (Å²) in [7, 11) is -3.84. The number of carbonyl (C=O) groups is 1. The van der Waals surface area contributed by atoms with Crippen LogP contribution in [0, 0.1) is 0 Å². The van der Waals surface area contributed by atoms with Gasteiger partial charge in [0, 0.05) is 13.1 Å². The molecular weight excluding hydrogens is 395 g/mol. The van der Waals surface area contributed by atoms with Crippen LogP contribution in [0.4, 0.5) is 0 Å². The van der Waals surface area contributed by atoms with Gasteiger partial charge in [-0.3, -0.25) is 4.79 Å². The summed E-state index contributed by atoms with van der Waals surface area (Å²) in [6, 6.07) is 11.8. The third kappa shape index (κ3) is 2.91. The minimum atomic E-state index is -3.84. The van der Waals surface area contributed by atoms with Crippen molar-refractivity contribution in [2.75, 3.05) is 19.6 Å². The van der Waals surface area contributed by atoms with Crippen molar-refractivity contribution in [1.82, 2.24) is 9.21 Å². The van der Waals surface area contributed by atoms with Crippen LogP contribution in [0.2, 0.25) is 10.0 Å². The molecule has 26 heavy (non-hydrogen) atoms. The number of nitrogens with zero attached hydrogens (tertiary/aromatic N) is 2. The summed E-state index contributed by atoms with van der Waals surface area (Å²) in [6.07, 6.45) is 0.790. The minimum absolute atomic E-state index is 0.0391. The molecule has 1 amide bonds. The normalized spacial score (nSPS) is 20.6. The van der Waals surface area contributed by atoms with Gasteiger partial charge in [-0.25, -0.2) is 8.42 Å². The van der Waals surface area contributed by atoms with E-state index in [0.717, 1.165) is 17.5 Å². The van der Waals surface area contributed by atoms with Crippen LogP contribution < -0.4 is 0 Å². The summed E-state index contributed by atoms with van der Waals surface area (Å²) < 4.78 is 27.3. The van der Waals surface area contributed by atoms with Crippen molar-refractivity contribution < 1.29 is 13.2 Å². The largest absolute Gasteiger partial charge is 0.333 e. The summed E-state index contributed by atoms with van der Waals surface area (Å²) >= 11 is 11.9. The first-order valence-corrected chi connectivity index (χ1v) is 10.4. The van der Waals surface area contributed by atoms with Gasteiger partial charge in [-0.1, -0.05) is 47.5 Å². The zero-order chi connectivity index (χ0) is 18.5. The Bertz CT molecular complexity index is 994. The fourth-order valence-corrected chi connectivity index (χ4v) is 5.40. The molecule has 0 aromatic heterocycles. The average molecular weight is 411 g/mol. The molecule has 0 unspecified atom stereocenters. The van der Waals surface area contributed by atoms with E-state index in [4.69, 9.17) is 23.2 Å². The highest BCUT2D eigenvalue weighted by Crippen LogP contribution is 2.35. The number of amides is 1. The van der Waals surface area contributed by atoms with E-state index in [1.165, 1.54) is 22.5 Å². The second kappa shape index (κ2) is 6.53. The lowest BCUT2D eigenvalue weighted by Crippen LogP contribution is -2.55. The molecule has 8 heteroatoms. The molecule has 5 nitrogen and oxygen atoms in total. The Balaban J connectivity index is 1.71. The lowest BCUT2D eigenvalue weighted by molar-refractivity contribution is -0.138. The Hall–Kier alpha value is -1.60. The first-order chi connectivity index (χ1) is 12.4.